The molecule has 0 saturated carbocycles. The molecular formula is C11H13N3O. The smallest absolute Gasteiger partial charge is 0.0866 e. The van der Waals surface area contributed by atoms with E-state index < -0.39 is 0 Å². The highest BCUT2D eigenvalue weighted by atomic mass is 16.3. The van der Waals surface area contributed by atoms with Crippen molar-refractivity contribution < 1.29 is 5.11 Å². The molecule has 4 heteroatoms. The molecule has 4 nitrogen and oxygen atoms in total. The second kappa shape index (κ2) is 4.23. The summed E-state index contributed by atoms with van der Waals surface area (Å²) >= 11 is 0. The lowest BCUT2D eigenvalue weighted by molar-refractivity contribution is 0.269. The van der Waals surface area contributed by atoms with Crippen molar-refractivity contribution in [2.24, 2.45) is 0 Å². The number of hydrogen-bond donors (Lipinski definition) is 1. The zero-order valence-corrected chi connectivity index (χ0v) is 8.59. The van der Waals surface area contributed by atoms with Crippen LogP contribution >= 0.6 is 0 Å². The molecule has 0 atom stereocenters. The van der Waals surface area contributed by atoms with E-state index in [9.17, 15) is 0 Å². The predicted molar refractivity (Wildman–Crippen MR) is 56.2 cm³/mol. The number of hydrogen-bond acceptors (Lipinski definition) is 3. The van der Waals surface area contributed by atoms with Gasteiger partial charge in [-0.1, -0.05) is 35.0 Å². The Morgan fingerprint density at radius 2 is 2.00 bits per heavy atom. The minimum absolute atomic E-state index is 0.0289. The normalized spacial score (nSPS) is 10.5. The van der Waals surface area contributed by atoms with Gasteiger partial charge in [-0.2, -0.15) is 0 Å². The Morgan fingerprint density at radius 1 is 1.27 bits per heavy atom. The largest absolute Gasteiger partial charge is 0.390 e. The third kappa shape index (κ3) is 2.22. The van der Waals surface area contributed by atoms with E-state index in [1.165, 1.54) is 5.56 Å². The number of aromatic nitrogens is 3. The van der Waals surface area contributed by atoms with Gasteiger partial charge in [0.15, 0.2) is 0 Å². The monoisotopic (exact) mass is 203 g/mol. The average Bonchev–Trinajstić information content (AvgIpc) is 2.69. The van der Waals surface area contributed by atoms with Gasteiger partial charge in [0.2, 0.25) is 0 Å². The van der Waals surface area contributed by atoms with Gasteiger partial charge in [-0.3, -0.25) is 0 Å². The van der Waals surface area contributed by atoms with Crippen LogP contribution in [0.1, 0.15) is 16.8 Å². The van der Waals surface area contributed by atoms with Crippen molar-refractivity contribution >= 4 is 0 Å². The molecule has 0 amide bonds. The second-order valence-corrected chi connectivity index (χ2v) is 3.53. The molecule has 0 radical (unpaired) electrons. The molecule has 0 spiro atoms. The van der Waals surface area contributed by atoms with E-state index in [0.717, 1.165) is 11.3 Å². The van der Waals surface area contributed by atoms with E-state index in [1.807, 2.05) is 0 Å². The summed E-state index contributed by atoms with van der Waals surface area (Å²) in [6.45, 7) is 2.67. The summed E-state index contributed by atoms with van der Waals surface area (Å²) in [4.78, 5) is 0. The average molecular weight is 203 g/mol. The Morgan fingerprint density at radius 3 is 2.67 bits per heavy atom. The highest BCUT2D eigenvalue weighted by Gasteiger charge is 2.02. The van der Waals surface area contributed by atoms with E-state index in [-0.39, 0.29) is 6.61 Å². The molecule has 2 rings (SSSR count). The zero-order valence-electron chi connectivity index (χ0n) is 8.59. The van der Waals surface area contributed by atoms with Crippen molar-refractivity contribution in [3.63, 3.8) is 0 Å². The van der Waals surface area contributed by atoms with Gasteiger partial charge in [0.25, 0.3) is 0 Å². The highest BCUT2D eigenvalue weighted by Crippen LogP contribution is 2.06. The maximum atomic E-state index is 9.03. The van der Waals surface area contributed by atoms with Crippen molar-refractivity contribution in [1.82, 2.24) is 15.0 Å². The number of aliphatic hydroxyl groups is 1. The summed E-state index contributed by atoms with van der Waals surface area (Å²) in [7, 11) is 0. The molecule has 78 valence electrons. The van der Waals surface area contributed by atoms with E-state index in [0.29, 0.717) is 6.54 Å². The summed E-state index contributed by atoms with van der Waals surface area (Å²) in [5.74, 6) is 0. The van der Waals surface area contributed by atoms with Gasteiger partial charge in [0.05, 0.1) is 25.0 Å². The number of nitrogens with zero attached hydrogens (tertiary/aromatic N) is 3. The Hall–Kier alpha value is -1.68. The van der Waals surface area contributed by atoms with Gasteiger partial charge in [-0.25, -0.2) is 4.68 Å². The SMILES string of the molecule is Cc1ccc(Cn2nncc2CO)cc1. The molecule has 2 aromatic rings. The van der Waals surface area contributed by atoms with Crippen LogP contribution in [0.3, 0.4) is 0 Å². The highest BCUT2D eigenvalue weighted by molar-refractivity contribution is 5.21. The van der Waals surface area contributed by atoms with Crippen LogP contribution in [-0.2, 0) is 13.2 Å². The molecular weight excluding hydrogens is 190 g/mol. The van der Waals surface area contributed by atoms with Crippen LogP contribution in [0.5, 0.6) is 0 Å². The minimum Gasteiger partial charge on any atom is -0.390 e. The molecule has 0 aliphatic rings. The van der Waals surface area contributed by atoms with Gasteiger partial charge in [0.1, 0.15) is 0 Å². The van der Waals surface area contributed by atoms with Crippen LogP contribution in [0.25, 0.3) is 0 Å². The van der Waals surface area contributed by atoms with E-state index in [2.05, 4.69) is 41.5 Å². The van der Waals surface area contributed by atoms with E-state index >= 15 is 0 Å². The second-order valence-electron chi connectivity index (χ2n) is 3.53. The summed E-state index contributed by atoms with van der Waals surface area (Å²) < 4.78 is 1.70. The lowest BCUT2D eigenvalue weighted by Gasteiger charge is -2.04. The van der Waals surface area contributed by atoms with Crippen LogP contribution in [0.4, 0.5) is 0 Å². The summed E-state index contributed by atoms with van der Waals surface area (Å²) in [6, 6.07) is 8.23. The number of benzene rings is 1. The summed E-state index contributed by atoms with van der Waals surface area (Å²) in [6.07, 6.45) is 1.58. The van der Waals surface area contributed by atoms with E-state index in [4.69, 9.17) is 5.11 Å². The van der Waals surface area contributed by atoms with Crippen molar-refractivity contribution in [1.29, 1.82) is 0 Å². The van der Waals surface area contributed by atoms with Crippen molar-refractivity contribution in [2.45, 2.75) is 20.1 Å². The zero-order chi connectivity index (χ0) is 10.7. The van der Waals surface area contributed by atoms with Crippen LogP contribution in [0.15, 0.2) is 30.5 Å². The molecule has 15 heavy (non-hydrogen) atoms. The molecule has 1 heterocycles. The van der Waals surface area contributed by atoms with Crippen molar-refractivity contribution in [3.05, 3.63) is 47.3 Å². The number of aryl methyl sites for hydroxylation is 1. The standard InChI is InChI=1S/C11H13N3O/c1-9-2-4-10(5-3-9)7-14-11(8-15)6-12-13-14/h2-6,15H,7-8H2,1H3. The van der Waals surface area contributed by atoms with Gasteiger partial charge in [0, 0.05) is 0 Å². The quantitative estimate of drug-likeness (QED) is 0.813. The van der Waals surface area contributed by atoms with E-state index in [1.54, 1.807) is 10.9 Å². The molecule has 1 aromatic carbocycles. The first-order chi connectivity index (χ1) is 7.29. The molecule has 0 aliphatic heterocycles. The Bertz CT molecular complexity index is 433. The third-order valence-corrected chi connectivity index (χ3v) is 2.31. The van der Waals surface area contributed by atoms with Crippen LogP contribution in [0.2, 0.25) is 0 Å². The predicted octanol–water partition coefficient (Wildman–Crippen LogP) is 1.13. The summed E-state index contributed by atoms with van der Waals surface area (Å²) in [5, 5.41) is 16.7. The molecule has 0 aliphatic carbocycles. The van der Waals surface area contributed by atoms with Gasteiger partial charge in [-0.05, 0) is 12.5 Å². The fourth-order valence-electron chi connectivity index (χ4n) is 1.40. The fraction of sp³-hybridized carbons (Fsp3) is 0.273. The lowest BCUT2D eigenvalue weighted by atomic mass is 10.1. The van der Waals surface area contributed by atoms with Crippen LogP contribution < -0.4 is 0 Å². The molecule has 0 unspecified atom stereocenters. The first-order valence-electron chi connectivity index (χ1n) is 4.83. The molecule has 1 N–H and O–H groups in total. The first-order valence-corrected chi connectivity index (χ1v) is 4.83. The van der Waals surface area contributed by atoms with Crippen molar-refractivity contribution in [3.8, 4) is 0 Å². The molecule has 1 aromatic heterocycles. The first kappa shape index (κ1) is 9.86. The molecule has 0 bridgehead atoms. The fourth-order valence-corrected chi connectivity index (χ4v) is 1.40. The summed E-state index contributed by atoms with van der Waals surface area (Å²) in [5.41, 5.74) is 3.12. The number of rotatable bonds is 3. The minimum atomic E-state index is -0.0289. The maximum absolute atomic E-state index is 9.03. The van der Waals surface area contributed by atoms with Crippen molar-refractivity contribution in [2.75, 3.05) is 0 Å². The Kier molecular flexibility index (Phi) is 2.78. The molecule has 0 fully saturated rings. The Labute approximate surface area is 88.2 Å². The topological polar surface area (TPSA) is 50.9 Å². The third-order valence-electron chi connectivity index (χ3n) is 2.31. The van der Waals surface area contributed by atoms with Gasteiger partial charge >= 0.3 is 0 Å². The van der Waals surface area contributed by atoms with Gasteiger partial charge < -0.3 is 5.11 Å². The van der Waals surface area contributed by atoms with Crippen LogP contribution in [-0.4, -0.2) is 20.1 Å². The van der Waals surface area contributed by atoms with Crippen LogP contribution in [0, 0.1) is 6.92 Å². The Balaban J connectivity index is 2.18. The lowest BCUT2D eigenvalue weighted by Crippen LogP contribution is -2.06. The maximum Gasteiger partial charge on any atom is 0.0866 e. The molecule has 0 saturated heterocycles. The number of aliphatic hydroxyl groups excluding tert-OH is 1. The van der Waals surface area contributed by atoms with Gasteiger partial charge in [-0.15, -0.1) is 5.10 Å².